The second-order valence-electron chi connectivity index (χ2n) is 5.42. The summed E-state index contributed by atoms with van der Waals surface area (Å²) >= 11 is 0. The summed E-state index contributed by atoms with van der Waals surface area (Å²) in [6.07, 6.45) is 0. The lowest BCUT2D eigenvalue weighted by Crippen LogP contribution is -2.23. The molecule has 2 rings (SSSR count). The van der Waals surface area contributed by atoms with Gasteiger partial charge in [0.25, 0.3) is 11.8 Å². The van der Waals surface area contributed by atoms with E-state index in [1.165, 1.54) is 24.3 Å². The smallest absolute Gasteiger partial charge is 0.255 e. The number of carbonyl (C=O) groups excluding carboxylic acids is 2. The number of anilines is 1. The molecule has 0 saturated carbocycles. The van der Waals surface area contributed by atoms with Gasteiger partial charge in [-0.3, -0.25) is 9.59 Å². The number of amides is 2. The first-order chi connectivity index (χ1) is 12.4. The highest BCUT2D eigenvalue weighted by molar-refractivity contribution is 7.89. The molecule has 0 unspecified atom stereocenters. The van der Waals surface area contributed by atoms with Crippen LogP contribution >= 0.6 is 0 Å². The van der Waals surface area contributed by atoms with Gasteiger partial charge >= 0.3 is 0 Å². The van der Waals surface area contributed by atoms with Crippen LogP contribution < -0.4 is 15.4 Å². The molecule has 0 atom stereocenters. The first-order valence-electron chi connectivity index (χ1n) is 8.16. The first-order valence-corrected chi connectivity index (χ1v) is 9.65. The highest BCUT2D eigenvalue weighted by atomic mass is 32.2. The van der Waals surface area contributed by atoms with Crippen molar-refractivity contribution in [3.63, 3.8) is 0 Å². The van der Waals surface area contributed by atoms with Crippen molar-refractivity contribution in [2.24, 2.45) is 0 Å². The summed E-state index contributed by atoms with van der Waals surface area (Å²) in [5.41, 5.74) is 1.36. The average Bonchev–Trinajstić information content (AvgIpc) is 2.62. The van der Waals surface area contributed by atoms with E-state index in [9.17, 15) is 18.0 Å². The molecule has 0 spiro atoms. The maximum atomic E-state index is 12.3. The summed E-state index contributed by atoms with van der Waals surface area (Å²) in [5.74, 6) is -0.550. The van der Waals surface area contributed by atoms with E-state index in [2.05, 4.69) is 15.4 Å². The van der Waals surface area contributed by atoms with Gasteiger partial charge in [-0.1, -0.05) is 6.92 Å². The largest absolute Gasteiger partial charge is 0.352 e. The van der Waals surface area contributed by atoms with E-state index in [1.807, 2.05) is 6.92 Å². The molecule has 0 radical (unpaired) electrons. The molecule has 8 heteroatoms. The van der Waals surface area contributed by atoms with E-state index in [0.29, 0.717) is 23.4 Å². The van der Waals surface area contributed by atoms with E-state index < -0.39 is 10.0 Å². The zero-order chi connectivity index (χ0) is 19.2. The molecule has 26 heavy (non-hydrogen) atoms. The molecule has 0 fully saturated rings. The molecular formula is C18H21N3O4S. The van der Waals surface area contributed by atoms with Crippen LogP contribution in [0.25, 0.3) is 0 Å². The number of nitrogens with one attached hydrogen (secondary N) is 3. The zero-order valence-corrected chi connectivity index (χ0v) is 15.4. The Hall–Kier alpha value is -2.71. The fourth-order valence-electron chi connectivity index (χ4n) is 2.23. The maximum Gasteiger partial charge on any atom is 0.255 e. The van der Waals surface area contributed by atoms with Gasteiger partial charge in [0.05, 0.1) is 4.90 Å². The van der Waals surface area contributed by atoms with Crippen molar-refractivity contribution in [3.05, 3.63) is 59.7 Å². The van der Waals surface area contributed by atoms with E-state index in [1.54, 1.807) is 31.2 Å². The molecule has 138 valence electrons. The quantitative estimate of drug-likeness (QED) is 0.688. The van der Waals surface area contributed by atoms with Crippen molar-refractivity contribution < 1.29 is 18.0 Å². The van der Waals surface area contributed by atoms with Crippen LogP contribution in [0.5, 0.6) is 0 Å². The van der Waals surface area contributed by atoms with E-state index in [4.69, 9.17) is 0 Å². The third kappa shape index (κ3) is 4.90. The summed E-state index contributed by atoms with van der Waals surface area (Å²) in [5, 5.41) is 5.40. The van der Waals surface area contributed by atoms with Gasteiger partial charge in [0.1, 0.15) is 0 Å². The Morgan fingerprint density at radius 1 is 0.808 bits per heavy atom. The van der Waals surface area contributed by atoms with Crippen molar-refractivity contribution in [3.8, 4) is 0 Å². The summed E-state index contributed by atoms with van der Waals surface area (Å²) in [7, 11) is -3.55. The van der Waals surface area contributed by atoms with Crippen molar-refractivity contribution in [1.29, 1.82) is 0 Å². The number of rotatable bonds is 7. The van der Waals surface area contributed by atoms with Gasteiger partial charge in [-0.05, 0) is 55.5 Å². The Bertz CT molecular complexity index is 876. The molecule has 7 nitrogen and oxygen atoms in total. The number of sulfonamides is 1. The molecule has 0 aliphatic rings. The Kier molecular flexibility index (Phi) is 6.48. The molecule has 0 bridgehead atoms. The maximum absolute atomic E-state index is 12.3. The third-order valence-corrected chi connectivity index (χ3v) is 5.06. The van der Waals surface area contributed by atoms with Gasteiger partial charge in [-0.2, -0.15) is 0 Å². The molecular weight excluding hydrogens is 354 g/mol. The fraction of sp³-hybridized carbons (Fsp3) is 0.222. The van der Waals surface area contributed by atoms with Crippen LogP contribution in [0.3, 0.4) is 0 Å². The summed E-state index contributed by atoms with van der Waals surface area (Å²) in [4.78, 5) is 24.1. The predicted octanol–water partition coefficient (Wildman–Crippen LogP) is 1.99. The molecule has 3 N–H and O–H groups in total. The SMILES string of the molecule is CCNC(=O)c1ccc(NC(=O)c2ccc(S(=O)(=O)NCC)cc2)cc1. The van der Waals surface area contributed by atoms with Crippen LogP contribution in [0.1, 0.15) is 34.6 Å². The minimum atomic E-state index is -3.55. The Balaban J connectivity index is 2.07. The molecule has 0 heterocycles. The van der Waals surface area contributed by atoms with E-state index >= 15 is 0 Å². The molecule has 2 amide bonds. The standard InChI is InChI=1S/C18H21N3O4S/c1-3-19-17(22)13-5-9-15(10-6-13)21-18(23)14-7-11-16(12-8-14)26(24,25)20-4-2/h5-12,20H,3-4H2,1-2H3,(H,19,22)(H,21,23). The molecule has 0 aliphatic heterocycles. The topological polar surface area (TPSA) is 104 Å². The highest BCUT2D eigenvalue weighted by Gasteiger charge is 2.14. The Morgan fingerprint density at radius 3 is 1.88 bits per heavy atom. The second kappa shape index (κ2) is 8.59. The predicted molar refractivity (Wildman–Crippen MR) is 99.7 cm³/mol. The van der Waals surface area contributed by atoms with Gasteiger partial charge in [0.2, 0.25) is 10.0 Å². The van der Waals surface area contributed by atoms with E-state index in [-0.39, 0.29) is 23.3 Å². The van der Waals surface area contributed by atoms with Crippen molar-refractivity contribution in [2.75, 3.05) is 18.4 Å². The highest BCUT2D eigenvalue weighted by Crippen LogP contribution is 2.14. The second-order valence-corrected chi connectivity index (χ2v) is 7.18. The van der Waals surface area contributed by atoms with Gasteiger partial charge in [0, 0.05) is 29.9 Å². The molecule has 0 aromatic heterocycles. The van der Waals surface area contributed by atoms with Gasteiger partial charge in [-0.25, -0.2) is 13.1 Å². The van der Waals surface area contributed by atoms with Crippen molar-refractivity contribution in [1.82, 2.24) is 10.0 Å². The van der Waals surface area contributed by atoms with Crippen LogP contribution in [0.4, 0.5) is 5.69 Å². The lowest BCUT2D eigenvalue weighted by Gasteiger charge is -2.08. The number of carbonyl (C=O) groups is 2. The lowest BCUT2D eigenvalue weighted by molar-refractivity contribution is 0.0955. The Labute approximate surface area is 152 Å². The van der Waals surface area contributed by atoms with Gasteiger partial charge < -0.3 is 10.6 Å². The molecule has 0 saturated heterocycles. The van der Waals surface area contributed by atoms with Crippen LogP contribution in [0.15, 0.2) is 53.4 Å². The molecule has 0 aliphatic carbocycles. The lowest BCUT2D eigenvalue weighted by atomic mass is 10.1. The third-order valence-electron chi connectivity index (χ3n) is 3.50. The van der Waals surface area contributed by atoms with Crippen molar-refractivity contribution in [2.45, 2.75) is 18.7 Å². The van der Waals surface area contributed by atoms with Crippen molar-refractivity contribution >= 4 is 27.5 Å². The minimum Gasteiger partial charge on any atom is -0.352 e. The average molecular weight is 375 g/mol. The summed E-state index contributed by atoms with van der Waals surface area (Å²) in [6, 6.07) is 12.2. The number of hydrogen-bond acceptors (Lipinski definition) is 4. The monoisotopic (exact) mass is 375 g/mol. The van der Waals surface area contributed by atoms with Gasteiger partial charge in [-0.15, -0.1) is 0 Å². The normalized spacial score (nSPS) is 11.0. The minimum absolute atomic E-state index is 0.0992. The number of hydrogen-bond donors (Lipinski definition) is 3. The fourth-order valence-corrected chi connectivity index (χ4v) is 3.27. The number of benzene rings is 2. The zero-order valence-electron chi connectivity index (χ0n) is 14.6. The summed E-state index contributed by atoms with van der Waals surface area (Å²) in [6.45, 7) is 4.35. The van der Waals surface area contributed by atoms with Crippen LogP contribution in [-0.2, 0) is 10.0 Å². The van der Waals surface area contributed by atoms with Crippen LogP contribution in [0, 0.1) is 0 Å². The van der Waals surface area contributed by atoms with Gasteiger partial charge in [0.15, 0.2) is 0 Å². The Morgan fingerprint density at radius 2 is 1.35 bits per heavy atom. The molecule has 2 aromatic rings. The molecule has 2 aromatic carbocycles. The first kappa shape index (κ1) is 19.6. The summed E-state index contributed by atoms with van der Waals surface area (Å²) < 4.78 is 26.2. The van der Waals surface area contributed by atoms with Crippen LogP contribution in [0.2, 0.25) is 0 Å². The van der Waals surface area contributed by atoms with Crippen LogP contribution in [-0.4, -0.2) is 33.3 Å². The van der Waals surface area contributed by atoms with E-state index in [0.717, 1.165) is 0 Å².